The summed E-state index contributed by atoms with van der Waals surface area (Å²) in [4.78, 5) is 23.5. The van der Waals surface area contributed by atoms with E-state index in [9.17, 15) is 30.0 Å². The third kappa shape index (κ3) is 3.40. The van der Waals surface area contributed by atoms with Crippen LogP contribution < -0.4 is 0 Å². The number of carbonyl (C=O) groups is 2. The molecule has 4 aliphatic carbocycles. The van der Waals surface area contributed by atoms with Crippen LogP contribution in [0.15, 0.2) is 11.6 Å². The largest absolute Gasteiger partial charge is 0.479 e. The minimum atomic E-state index is -1.77. The quantitative estimate of drug-likeness (QED) is 0.451. The average molecular weight is 475 g/mol. The minimum absolute atomic E-state index is 0.240. The zero-order valence-electron chi connectivity index (χ0n) is 19.4. The molecule has 0 amide bonds. The second kappa shape index (κ2) is 8.42. The summed E-state index contributed by atoms with van der Waals surface area (Å²) in [7, 11) is 0. The molecule has 1 heterocycles. The van der Waals surface area contributed by atoms with E-state index in [4.69, 9.17) is 15.9 Å². The van der Waals surface area contributed by atoms with Crippen molar-refractivity contribution >= 4 is 11.8 Å². The number of hydrogen-bond acceptors (Lipinski definition) is 7. The van der Waals surface area contributed by atoms with E-state index in [-0.39, 0.29) is 5.78 Å². The Morgan fingerprint density at radius 3 is 2.56 bits per heavy atom. The number of allylic oxidation sites excluding steroid dienone is 1. The first-order chi connectivity index (χ1) is 16.1. The van der Waals surface area contributed by atoms with Crippen molar-refractivity contribution in [2.45, 2.75) is 94.6 Å². The van der Waals surface area contributed by atoms with Crippen LogP contribution in [0.1, 0.15) is 58.3 Å². The molecule has 8 heteroatoms. The van der Waals surface area contributed by atoms with Crippen LogP contribution >= 0.6 is 0 Å². The summed E-state index contributed by atoms with van der Waals surface area (Å²) >= 11 is 0. The van der Waals surface area contributed by atoms with Gasteiger partial charge < -0.3 is 29.9 Å². The fourth-order valence-electron chi connectivity index (χ4n) is 7.99. The first kappa shape index (κ1) is 24.0. The fourth-order valence-corrected chi connectivity index (χ4v) is 7.99. The van der Waals surface area contributed by atoms with Crippen molar-refractivity contribution in [3.63, 3.8) is 0 Å². The number of aliphatic carboxylic acids is 1. The molecule has 1 saturated heterocycles. The van der Waals surface area contributed by atoms with E-state index in [1.807, 2.05) is 6.08 Å². The van der Waals surface area contributed by atoms with Gasteiger partial charge in [0.15, 0.2) is 18.2 Å². The van der Waals surface area contributed by atoms with Gasteiger partial charge in [0.2, 0.25) is 0 Å². The first-order valence-corrected chi connectivity index (χ1v) is 12.4. The Balaban J connectivity index is 1.40. The number of ketones is 1. The average Bonchev–Trinajstić information content (AvgIpc) is 3.11. The summed E-state index contributed by atoms with van der Waals surface area (Å²) in [6.07, 6.45) is 6.30. The Kier molecular flexibility index (Phi) is 5.93. The van der Waals surface area contributed by atoms with E-state index in [1.54, 1.807) is 0 Å². The third-order valence-corrected chi connectivity index (χ3v) is 9.78. The molecular formula is C26H34O8. The van der Waals surface area contributed by atoms with Crippen molar-refractivity contribution in [1.29, 1.82) is 0 Å². The van der Waals surface area contributed by atoms with Crippen molar-refractivity contribution in [3.8, 4) is 12.3 Å². The van der Waals surface area contributed by atoms with Crippen LogP contribution in [0.2, 0.25) is 0 Å². The molecule has 8 nitrogen and oxygen atoms in total. The smallest absolute Gasteiger partial charge is 0.335 e. The van der Waals surface area contributed by atoms with Gasteiger partial charge >= 0.3 is 5.97 Å². The number of carbonyl (C=O) groups excluding carboxylic acids is 1. The minimum Gasteiger partial charge on any atom is -0.479 e. The summed E-state index contributed by atoms with van der Waals surface area (Å²) < 4.78 is 11.7. The molecule has 1 aliphatic heterocycles. The van der Waals surface area contributed by atoms with E-state index in [1.165, 1.54) is 5.57 Å². The topological polar surface area (TPSA) is 134 Å². The molecule has 4 N–H and O–H groups in total. The molecular weight excluding hydrogens is 440 g/mol. The summed E-state index contributed by atoms with van der Waals surface area (Å²) in [6, 6.07) is 0. The first-order valence-electron chi connectivity index (χ1n) is 12.4. The molecule has 3 saturated carbocycles. The zero-order valence-corrected chi connectivity index (χ0v) is 19.4. The van der Waals surface area contributed by atoms with Gasteiger partial charge in [-0.05, 0) is 74.7 Å². The maximum absolute atomic E-state index is 11.9. The van der Waals surface area contributed by atoms with Crippen LogP contribution in [0, 0.1) is 41.4 Å². The van der Waals surface area contributed by atoms with Gasteiger partial charge in [-0.2, -0.15) is 0 Å². The van der Waals surface area contributed by atoms with Gasteiger partial charge in [-0.15, -0.1) is 6.42 Å². The van der Waals surface area contributed by atoms with Crippen molar-refractivity contribution < 1.29 is 39.5 Å². The number of aliphatic hydroxyl groups is 3. The number of terminal acetylenes is 1. The zero-order chi connectivity index (χ0) is 24.4. The molecule has 0 spiro atoms. The van der Waals surface area contributed by atoms with Gasteiger partial charge in [0.1, 0.15) is 23.9 Å². The maximum Gasteiger partial charge on any atom is 0.335 e. The normalized spacial score (nSPS) is 50.4. The SMILES string of the molecule is C#C[C@]1(O[C@@H]2OC(C(=O)O)[C@@H](O)[C@@H](O)C2O)CC[C@H]2[C@@H]3CCC4=CC(=O)CC[C@@H]4[C@H]3CC[C@@]21C. The molecule has 186 valence electrons. The van der Waals surface area contributed by atoms with E-state index < -0.39 is 47.7 Å². The lowest BCUT2D eigenvalue weighted by atomic mass is 9.50. The Labute approximate surface area is 199 Å². The summed E-state index contributed by atoms with van der Waals surface area (Å²) in [6.45, 7) is 2.13. The Hall–Kier alpha value is -1.76. The van der Waals surface area contributed by atoms with Crippen molar-refractivity contribution in [2.75, 3.05) is 0 Å². The van der Waals surface area contributed by atoms with Crippen molar-refractivity contribution in [1.82, 2.24) is 0 Å². The molecule has 11 atom stereocenters. The predicted molar refractivity (Wildman–Crippen MR) is 119 cm³/mol. The molecule has 5 rings (SSSR count). The lowest BCUT2D eigenvalue weighted by Gasteiger charge is -2.56. The number of rotatable bonds is 3. The summed E-state index contributed by atoms with van der Waals surface area (Å²) in [5, 5.41) is 40.2. The monoisotopic (exact) mass is 474 g/mol. The maximum atomic E-state index is 11.9. The Morgan fingerprint density at radius 1 is 1.09 bits per heavy atom. The molecule has 2 unspecified atom stereocenters. The van der Waals surface area contributed by atoms with E-state index in [2.05, 4.69) is 12.8 Å². The van der Waals surface area contributed by atoms with Gasteiger partial charge in [-0.1, -0.05) is 18.4 Å². The van der Waals surface area contributed by atoms with Gasteiger partial charge in [-0.25, -0.2) is 4.79 Å². The van der Waals surface area contributed by atoms with Crippen LogP contribution in [-0.2, 0) is 19.1 Å². The van der Waals surface area contributed by atoms with Crippen LogP contribution in [-0.4, -0.2) is 68.5 Å². The number of carboxylic acid groups (broad SMARTS) is 1. The standard InChI is InChI=1S/C26H34O8/c1-3-26(34-24-21(30)19(28)20(29)22(33-24)23(31)32)11-9-18-17-6-4-13-12-14(27)5-7-15(13)16(17)8-10-25(18,26)2/h1,12,15-22,24,28-30H,4-11H2,2H3,(H,31,32)/t15-,16+,17+,18-,19+,20-,21?,22?,24-,25-,26-/m0/s1. The van der Waals surface area contributed by atoms with Crippen molar-refractivity contribution in [3.05, 3.63) is 11.6 Å². The predicted octanol–water partition coefficient (Wildman–Crippen LogP) is 1.41. The number of fused-ring (bicyclic) bond motifs is 5. The molecule has 0 aromatic heterocycles. The number of aliphatic hydroxyl groups excluding tert-OH is 3. The number of hydrogen-bond donors (Lipinski definition) is 4. The van der Waals surface area contributed by atoms with Crippen LogP contribution in [0.3, 0.4) is 0 Å². The summed E-state index contributed by atoms with van der Waals surface area (Å²) in [5.74, 6) is 3.38. The molecule has 0 bridgehead atoms. The highest BCUT2D eigenvalue weighted by molar-refractivity contribution is 5.91. The molecule has 0 radical (unpaired) electrons. The van der Waals surface area contributed by atoms with Gasteiger partial charge in [0.05, 0.1) is 0 Å². The molecule has 5 aliphatic rings. The molecule has 0 aromatic carbocycles. The highest BCUT2D eigenvalue weighted by Gasteiger charge is 2.64. The molecule has 0 aromatic rings. The molecule has 34 heavy (non-hydrogen) atoms. The van der Waals surface area contributed by atoms with E-state index >= 15 is 0 Å². The number of ether oxygens (including phenoxy) is 2. The Bertz CT molecular complexity index is 938. The van der Waals surface area contributed by atoms with Crippen LogP contribution in [0.25, 0.3) is 0 Å². The number of carboxylic acids is 1. The van der Waals surface area contributed by atoms with E-state index in [0.717, 1.165) is 38.5 Å². The van der Waals surface area contributed by atoms with E-state index in [0.29, 0.717) is 36.5 Å². The summed E-state index contributed by atoms with van der Waals surface area (Å²) in [5.41, 5.74) is -0.181. The third-order valence-electron chi connectivity index (χ3n) is 9.78. The second-order valence-electron chi connectivity index (χ2n) is 11.1. The molecule has 4 fully saturated rings. The van der Waals surface area contributed by atoms with Gasteiger partial charge in [0.25, 0.3) is 0 Å². The van der Waals surface area contributed by atoms with Crippen LogP contribution in [0.5, 0.6) is 0 Å². The lowest BCUT2D eigenvalue weighted by molar-refractivity contribution is -0.324. The Morgan fingerprint density at radius 2 is 1.85 bits per heavy atom. The van der Waals surface area contributed by atoms with Gasteiger partial charge in [-0.3, -0.25) is 4.79 Å². The second-order valence-corrected chi connectivity index (χ2v) is 11.1. The fraction of sp³-hybridized carbons (Fsp3) is 0.769. The lowest BCUT2D eigenvalue weighted by Crippen LogP contribution is -2.63. The van der Waals surface area contributed by atoms with Crippen molar-refractivity contribution in [2.24, 2.45) is 29.1 Å². The van der Waals surface area contributed by atoms with Gasteiger partial charge in [0, 0.05) is 11.8 Å². The highest BCUT2D eigenvalue weighted by atomic mass is 16.7. The van der Waals surface area contributed by atoms with Crippen LogP contribution in [0.4, 0.5) is 0 Å². The highest BCUT2D eigenvalue weighted by Crippen LogP contribution is 2.66.